The molecular formula is C10H9F3O2S. The number of benzene rings is 1. The summed E-state index contributed by atoms with van der Waals surface area (Å²) in [6, 6.07) is 4.45. The molecule has 88 valence electrons. The highest BCUT2D eigenvalue weighted by Crippen LogP contribution is 2.35. The van der Waals surface area contributed by atoms with E-state index in [9.17, 15) is 21.6 Å². The molecule has 1 aromatic rings. The quantitative estimate of drug-likeness (QED) is 0.808. The van der Waals surface area contributed by atoms with Crippen LogP contribution in [0.1, 0.15) is 11.1 Å². The molecule has 0 amide bonds. The Hall–Kier alpha value is -1.30. The lowest BCUT2D eigenvalue weighted by Gasteiger charge is -2.13. The molecule has 0 aliphatic heterocycles. The zero-order valence-corrected chi connectivity index (χ0v) is 9.19. The van der Waals surface area contributed by atoms with E-state index in [1.165, 1.54) is 12.1 Å². The van der Waals surface area contributed by atoms with E-state index in [0.29, 0.717) is 0 Å². The Bertz CT molecular complexity index is 515. The van der Waals surface area contributed by atoms with E-state index >= 15 is 0 Å². The van der Waals surface area contributed by atoms with Crippen LogP contribution >= 0.6 is 0 Å². The number of hydrogen-bond donors (Lipinski definition) is 0. The molecule has 0 aromatic heterocycles. The smallest absolute Gasteiger partial charge is 0.224 e. The van der Waals surface area contributed by atoms with E-state index < -0.39 is 32.0 Å². The van der Waals surface area contributed by atoms with Crippen molar-refractivity contribution in [3.8, 4) is 0 Å². The molecule has 0 N–H and O–H groups in total. The van der Waals surface area contributed by atoms with Crippen LogP contribution in [0.5, 0.6) is 0 Å². The normalized spacial score (nSPS) is 12.5. The van der Waals surface area contributed by atoms with Gasteiger partial charge in [-0.25, -0.2) is 8.42 Å². The second-order valence-electron chi connectivity index (χ2n) is 3.24. The molecule has 0 saturated carbocycles. The molecule has 1 aromatic carbocycles. The molecule has 0 spiro atoms. The Morgan fingerprint density at radius 1 is 1.25 bits per heavy atom. The van der Waals surface area contributed by atoms with E-state index in [-0.39, 0.29) is 0 Å². The Kier molecular flexibility index (Phi) is 3.14. The molecular weight excluding hydrogens is 241 g/mol. The average molecular weight is 250 g/mol. The summed E-state index contributed by atoms with van der Waals surface area (Å²) >= 11 is 0. The van der Waals surface area contributed by atoms with Gasteiger partial charge in [-0.15, -0.1) is 0 Å². The maximum absolute atomic E-state index is 12.6. The van der Waals surface area contributed by atoms with Gasteiger partial charge in [0.25, 0.3) is 0 Å². The number of hydrogen-bond acceptors (Lipinski definition) is 2. The summed E-state index contributed by atoms with van der Waals surface area (Å²) in [6.07, 6.45) is -3.77. The van der Waals surface area contributed by atoms with Gasteiger partial charge in [0.15, 0.2) is 9.84 Å². The molecule has 16 heavy (non-hydrogen) atoms. The first-order valence-electron chi connectivity index (χ1n) is 4.19. The lowest BCUT2D eigenvalue weighted by atomic mass is 10.1. The van der Waals surface area contributed by atoms with Gasteiger partial charge in [-0.3, -0.25) is 0 Å². The molecule has 0 unspecified atom stereocenters. The highest BCUT2D eigenvalue weighted by molar-refractivity contribution is 7.99. The summed E-state index contributed by atoms with van der Waals surface area (Å²) in [6.45, 7) is 3.18. The molecule has 6 heteroatoms. The van der Waals surface area contributed by atoms with Crippen molar-refractivity contribution in [2.45, 2.75) is 6.18 Å². The van der Waals surface area contributed by atoms with Crippen molar-refractivity contribution < 1.29 is 21.6 Å². The van der Waals surface area contributed by atoms with Gasteiger partial charge in [-0.2, -0.15) is 13.2 Å². The van der Waals surface area contributed by atoms with E-state index in [1.54, 1.807) is 0 Å². The molecule has 0 aliphatic rings. The van der Waals surface area contributed by atoms with Crippen molar-refractivity contribution in [2.24, 2.45) is 0 Å². The van der Waals surface area contributed by atoms with E-state index in [2.05, 4.69) is 6.58 Å². The first-order valence-corrected chi connectivity index (χ1v) is 6.08. The van der Waals surface area contributed by atoms with Crippen molar-refractivity contribution >= 4 is 14.7 Å². The lowest BCUT2D eigenvalue weighted by molar-refractivity contribution is -0.137. The van der Waals surface area contributed by atoms with Crippen molar-refractivity contribution in [3.05, 3.63) is 42.0 Å². The summed E-state index contributed by atoms with van der Waals surface area (Å²) in [4.78, 5) is -0.527. The molecule has 1 rings (SSSR count). The van der Waals surface area contributed by atoms with Crippen LogP contribution in [0.3, 0.4) is 0 Å². The molecule has 0 heterocycles. The summed E-state index contributed by atoms with van der Waals surface area (Å²) in [5.41, 5.74) is -1.40. The van der Waals surface area contributed by atoms with Crippen molar-refractivity contribution in [1.29, 1.82) is 0 Å². The van der Waals surface area contributed by atoms with Gasteiger partial charge in [0.2, 0.25) is 0 Å². The average Bonchev–Trinajstić information content (AvgIpc) is 2.14. The number of rotatable bonds is 2. The molecule has 2 nitrogen and oxygen atoms in total. The van der Waals surface area contributed by atoms with Crippen LogP contribution in [-0.4, -0.2) is 14.7 Å². The van der Waals surface area contributed by atoms with Crippen molar-refractivity contribution in [2.75, 3.05) is 6.26 Å². The van der Waals surface area contributed by atoms with Crippen LogP contribution in [0.2, 0.25) is 0 Å². The molecule has 0 atom stereocenters. The van der Waals surface area contributed by atoms with Crippen molar-refractivity contribution in [1.82, 2.24) is 0 Å². The Morgan fingerprint density at radius 3 is 2.19 bits per heavy atom. The largest absolute Gasteiger partial charge is 0.417 e. The topological polar surface area (TPSA) is 34.1 Å². The monoisotopic (exact) mass is 250 g/mol. The van der Waals surface area contributed by atoms with Gasteiger partial charge < -0.3 is 0 Å². The molecule has 0 fully saturated rings. The molecule has 0 radical (unpaired) electrons. The minimum absolute atomic E-state index is 0.405. The standard InChI is InChI=1S/C10H9F3O2S/c1-7(16(2,14)15)8-5-3-4-6-9(8)10(11,12)13/h3-6H,1H2,2H3. The fourth-order valence-corrected chi connectivity index (χ4v) is 1.75. The lowest BCUT2D eigenvalue weighted by Crippen LogP contribution is -2.10. The Labute approximate surface area is 91.3 Å². The maximum atomic E-state index is 12.6. The van der Waals surface area contributed by atoms with Gasteiger partial charge >= 0.3 is 6.18 Å². The predicted octanol–water partition coefficient (Wildman–Crippen LogP) is 2.72. The van der Waals surface area contributed by atoms with Gasteiger partial charge in [-0.05, 0) is 6.07 Å². The molecule has 0 aliphatic carbocycles. The van der Waals surface area contributed by atoms with Gasteiger partial charge in [0.1, 0.15) is 0 Å². The van der Waals surface area contributed by atoms with Crippen LogP contribution in [-0.2, 0) is 16.0 Å². The summed E-state index contributed by atoms with van der Waals surface area (Å²) in [7, 11) is -3.73. The third kappa shape index (κ3) is 2.63. The molecule has 0 saturated heterocycles. The van der Waals surface area contributed by atoms with E-state index in [0.717, 1.165) is 18.4 Å². The number of alkyl halides is 3. The first-order chi connectivity index (χ1) is 7.14. The van der Waals surface area contributed by atoms with Crippen LogP contribution < -0.4 is 0 Å². The van der Waals surface area contributed by atoms with Gasteiger partial charge in [0.05, 0.1) is 10.5 Å². The van der Waals surface area contributed by atoms with Crippen LogP contribution in [0, 0.1) is 0 Å². The minimum Gasteiger partial charge on any atom is -0.224 e. The Balaban J connectivity index is 3.42. The Morgan fingerprint density at radius 2 is 1.75 bits per heavy atom. The highest BCUT2D eigenvalue weighted by atomic mass is 32.2. The number of halogens is 3. The summed E-state index contributed by atoms with van der Waals surface area (Å²) in [5, 5.41) is 0. The van der Waals surface area contributed by atoms with Gasteiger partial charge in [-0.1, -0.05) is 24.8 Å². The van der Waals surface area contributed by atoms with Crippen LogP contribution in [0.15, 0.2) is 30.8 Å². The summed E-state index contributed by atoms with van der Waals surface area (Å²) in [5.74, 6) is 0. The van der Waals surface area contributed by atoms with Crippen molar-refractivity contribution in [3.63, 3.8) is 0 Å². The minimum atomic E-state index is -4.59. The van der Waals surface area contributed by atoms with Gasteiger partial charge in [0, 0.05) is 11.8 Å². The zero-order valence-electron chi connectivity index (χ0n) is 8.38. The summed E-state index contributed by atoms with van der Waals surface area (Å²) < 4.78 is 60.0. The molecule has 0 bridgehead atoms. The second-order valence-corrected chi connectivity index (χ2v) is 5.28. The maximum Gasteiger partial charge on any atom is 0.417 e. The first kappa shape index (κ1) is 12.8. The SMILES string of the molecule is C=C(c1ccccc1C(F)(F)F)S(C)(=O)=O. The van der Waals surface area contributed by atoms with E-state index in [4.69, 9.17) is 0 Å². The van der Waals surface area contributed by atoms with E-state index in [1.807, 2.05) is 0 Å². The highest BCUT2D eigenvalue weighted by Gasteiger charge is 2.34. The predicted molar refractivity (Wildman–Crippen MR) is 55.3 cm³/mol. The number of sulfone groups is 1. The third-order valence-electron chi connectivity index (χ3n) is 1.98. The third-order valence-corrected chi connectivity index (χ3v) is 3.10. The second kappa shape index (κ2) is 3.93. The van der Waals surface area contributed by atoms with Crippen LogP contribution in [0.25, 0.3) is 4.91 Å². The van der Waals surface area contributed by atoms with Crippen LogP contribution in [0.4, 0.5) is 13.2 Å². The fourth-order valence-electron chi connectivity index (χ4n) is 1.17. The fraction of sp³-hybridized carbons (Fsp3) is 0.200. The zero-order chi connectivity index (χ0) is 12.6.